The molecule has 136 valence electrons. The molecule has 1 N–H and O–H groups in total. The van der Waals surface area contributed by atoms with E-state index in [-0.39, 0.29) is 0 Å². The molecule has 1 aliphatic rings. The van der Waals surface area contributed by atoms with E-state index in [2.05, 4.69) is 69.1 Å². The standard InChI is InChI=1S/C25H31N/c1-17-15-18(2)19(3)25(16-17)20(4)22-11-8-12-23(21-9-6-7-10-21)24(22)13-14-26-5/h8,11-16,21,26H,4,6-7,9-10H2,1-3,5H3/b14-13-. The van der Waals surface area contributed by atoms with Gasteiger partial charge in [0, 0.05) is 7.05 Å². The Bertz CT molecular complexity index is 835. The number of hydrogen-bond acceptors (Lipinski definition) is 1. The summed E-state index contributed by atoms with van der Waals surface area (Å²) in [6, 6.07) is 11.3. The van der Waals surface area contributed by atoms with Crippen LogP contribution in [0.4, 0.5) is 0 Å². The molecule has 0 bridgehead atoms. The lowest BCUT2D eigenvalue weighted by molar-refractivity contribution is 0.721. The molecule has 0 heterocycles. The van der Waals surface area contributed by atoms with E-state index >= 15 is 0 Å². The Morgan fingerprint density at radius 2 is 1.81 bits per heavy atom. The van der Waals surface area contributed by atoms with Gasteiger partial charge in [-0.1, -0.05) is 55.3 Å². The highest BCUT2D eigenvalue weighted by atomic mass is 14.8. The van der Waals surface area contributed by atoms with Crippen molar-refractivity contribution in [3.05, 3.63) is 82.1 Å². The van der Waals surface area contributed by atoms with Crippen LogP contribution in [0.5, 0.6) is 0 Å². The molecule has 0 spiro atoms. The van der Waals surface area contributed by atoms with Crippen molar-refractivity contribution >= 4 is 11.6 Å². The van der Waals surface area contributed by atoms with Crippen LogP contribution in [0.3, 0.4) is 0 Å². The van der Waals surface area contributed by atoms with E-state index in [9.17, 15) is 0 Å². The lowest BCUT2D eigenvalue weighted by Gasteiger charge is -2.20. The third kappa shape index (κ3) is 3.62. The Morgan fingerprint density at radius 3 is 2.50 bits per heavy atom. The molecule has 0 unspecified atom stereocenters. The SMILES string of the molecule is C=C(c1cc(C)cc(C)c1C)c1cccc(C2CCCC2)c1/C=C\NC. The van der Waals surface area contributed by atoms with Crippen LogP contribution < -0.4 is 5.32 Å². The van der Waals surface area contributed by atoms with Gasteiger partial charge in [-0.25, -0.2) is 0 Å². The minimum atomic E-state index is 0.680. The maximum absolute atomic E-state index is 4.52. The molecule has 0 amide bonds. The molecule has 2 aromatic rings. The Kier molecular flexibility index (Phi) is 5.66. The van der Waals surface area contributed by atoms with Crippen LogP contribution in [0.1, 0.15) is 70.5 Å². The van der Waals surface area contributed by atoms with Gasteiger partial charge in [0.15, 0.2) is 0 Å². The fourth-order valence-electron chi connectivity index (χ4n) is 4.29. The van der Waals surface area contributed by atoms with Gasteiger partial charge in [0.25, 0.3) is 0 Å². The second-order valence-electron chi connectivity index (χ2n) is 7.64. The lowest BCUT2D eigenvalue weighted by atomic mass is 9.84. The van der Waals surface area contributed by atoms with Crippen molar-refractivity contribution in [3.63, 3.8) is 0 Å². The molecule has 0 radical (unpaired) electrons. The first-order valence-corrected chi connectivity index (χ1v) is 9.77. The molecule has 2 aromatic carbocycles. The number of rotatable bonds is 5. The molecule has 1 saturated carbocycles. The fourth-order valence-corrected chi connectivity index (χ4v) is 4.29. The summed E-state index contributed by atoms with van der Waals surface area (Å²) in [6.45, 7) is 11.1. The average molecular weight is 346 g/mol. The van der Waals surface area contributed by atoms with Crippen LogP contribution in [0, 0.1) is 20.8 Å². The van der Waals surface area contributed by atoms with Crippen molar-refractivity contribution < 1.29 is 0 Å². The van der Waals surface area contributed by atoms with Crippen LogP contribution in [0.15, 0.2) is 43.1 Å². The van der Waals surface area contributed by atoms with Gasteiger partial charge in [-0.05, 0) is 90.8 Å². The Balaban J connectivity index is 2.13. The summed E-state index contributed by atoms with van der Waals surface area (Å²) in [6.07, 6.45) is 9.57. The van der Waals surface area contributed by atoms with Crippen molar-refractivity contribution in [1.29, 1.82) is 0 Å². The quantitative estimate of drug-likeness (QED) is 0.650. The van der Waals surface area contributed by atoms with Gasteiger partial charge in [0.2, 0.25) is 0 Å². The predicted molar refractivity (Wildman–Crippen MR) is 115 cm³/mol. The van der Waals surface area contributed by atoms with E-state index in [1.807, 2.05) is 13.2 Å². The molecule has 0 aliphatic heterocycles. The van der Waals surface area contributed by atoms with Crippen molar-refractivity contribution in [3.8, 4) is 0 Å². The first kappa shape index (κ1) is 18.5. The molecule has 0 aromatic heterocycles. The van der Waals surface area contributed by atoms with Gasteiger partial charge < -0.3 is 5.32 Å². The van der Waals surface area contributed by atoms with Crippen LogP contribution in [0.2, 0.25) is 0 Å². The van der Waals surface area contributed by atoms with Gasteiger partial charge in [0.1, 0.15) is 0 Å². The van der Waals surface area contributed by atoms with E-state index in [4.69, 9.17) is 0 Å². The highest BCUT2D eigenvalue weighted by molar-refractivity contribution is 5.85. The van der Waals surface area contributed by atoms with E-state index < -0.39 is 0 Å². The molecule has 1 nitrogen and oxygen atoms in total. The summed E-state index contributed by atoms with van der Waals surface area (Å²) < 4.78 is 0. The molecular weight excluding hydrogens is 314 g/mol. The summed E-state index contributed by atoms with van der Waals surface area (Å²) in [5.41, 5.74) is 10.4. The van der Waals surface area contributed by atoms with Crippen LogP contribution in [-0.4, -0.2) is 7.05 Å². The highest BCUT2D eigenvalue weighted by Crippen LogP contribution is 2.39. The molecule has 3 rings (SSSR count). The lowest BCUT2D eigenvalue weighted by Crippen LogP contribution is -2.03. The Morgan fingerprint density at radius 1 is 1.08 bits per heavy atom. The van der Waals surface area contributed by atoms with E-state index in [1.54, 1.807) is 0 Å². The zero-order valence-electron chi connectivity index (χ0n) is 16.7. The predicted octanol–water partition coefficient (Wildman–Crippen LogP) is 6.52. The van der Waals surface area contributed by atoms with E-state index in [0.717, 1.165) is 5.57 Å². The molecule has 1 heteroatoms. The normalized spacial score (nSPS) is 14.9. The zero-order valence-corrected chi connectivity index (χ0v) is 16.7. The first-order chi connectivity index (χ1) is 12.5. The van der Waals surface area contributed by atoms with Crippen molar-refractivity contribution in [2.45, 2.75) is 52.4 Å². The van der Waals surface area contributed by atoms with Crippen LogP contribution >= 0.6 is 0 Å². The largest absolute Gasteiger partial charge is 0.394 e. The highest BCUT2D eigenvalue weighted by Gasteiger charge is 2.21. The number of aryl methyl sites for hydroxylation is 2. The third-order valence-corrected chi connectivity index (χ3v) is 5.81. The summed E-state index contributed by atoms with van der Waals surface area (Å²) in [5, 5.41) is 3.16. The second-order valence-corrected chi connectivity index (χ2v) is 7.64. The van der Waals surface area contributed by atoms with Crippen LogP contribution in [0.25, 0.3) is 11.6 Å². The van der Waals surface area contributed by atoms with Gasteiger partial charge >= 0.3 is 0 Å². The summed E-state index contributed by atoms with van der Waals surface area (Å²) in [4.78, 5) is 0. The third-order valence-electron chi connectivity index (χ3n) is 5.81. The average Bonchev–Trinajstić information content (AvgIpc) is 3.16. The smallest absolute Gasteiger partial charge is 0.00277 e. The first-order valence-electron chi connectivity index (χ1n) is 9.77. The Hall–Kier alpha value is -2.28. The molecular formula is C25H31N. The molecule has 0 saturated heterocycles. The number of hydrogen-bond donors (Lipinski definition) is 1. The van der Waals surface area contributed by atoms with Gasteiger partial charge in [0.05, 0.1) is 0 Å². The van der Waals surface area contributed by atoms with Crippen molar-refractivity contribution in [2.75, 3.05) is 7.05 Å². The van der Waals surface area contributed by atoms with E-state index in [1.165, 1.54) is 64.6 Å². The maximum atomic E-state index is 4.52. The van der Waals surface area contributed by atoms with Crippen LogP contribution in [-0.2, 0) is 0 Å². The Labute approximate surface area is 158 Å². The van der Waals surface area contributed by atoms with E-state index in [0.29, 0.717) is 5.92 Å². The molecule has 26 heavy (non-hydrogen) atoms. The van der Waals surface area contributed by atoms with Crippen molar-refractivity contribution in [1.82, 2.24) is 5.32 Å². The monoisotopic (exact) mass is 345 g/mol. The second kappa shape index (κ2) is 7.95. The topological polar surface area (TPSA) is 12.0 Å². The van der Waals surface area contributed by atoms with Gasteiger partial charge in [-0.15, -0.1) is 0 Å². The summed E-state index contributed by atoms with van der Waals surface area (Å²) >= 11 is 0. The minimum absolute atomic E-state index is 0.680. The van der Waals surface area contributed by atoms with Crippen molar-refractivity contribution in [2.24, 2.45) is 0 Å². The molecule has 1 aliphatic carbocycles. The fraction of sp³-hybridized carbons (Fsp3) is 0.360. The minimum Gasteiger partial charge on any atom is -0.394 e. The summed E-state index contributed by atoms with van der Waals surface area (Å²) in [5.74, 6) is 0.680. The number of benzene rings is 2. The molecule has 1 fully saturated rings. The summed E-state index contributed by atoms with van der Waals surface area (Å²) in [7, 11) is 1.96. The number of nitrogens with one attached hydrogen (secondary N) is 1. The molecule has 0 atom stereocenters. The zero-order chi connectivity index (χ0) is 18.7. The maximum Gasteiger partial charge on any atom is 0.00277 e. The van der Waals surface area contributed by atoms with Gasteiger partial charge in [-0.2, -0.15) is 0 Å². The van der Waals surface area contributed by atoms with Gasteiger partial charge in [-0.3, -0.25) is 0 Å².